The Morgan fingerprint density at radius 1 is 1.10 bits per heavy atom. The van der Waals surface area contributed by atoms with Gasteiger partial charge in [-0.05, 0) is 24.3 Å². The Morgan fingerprint density at radius 2 is 1.90 bits per heavy atom. The highest BCUT2D eigenvalue weighted by Gasteiger charge is 2.09. The molecule has 0 saturated heterocycles. The number of hydrazine groups is 1. The second kappa shape index (κ2) is 6.90. The zero-order valence-corrected chi connectivity index (χ0v) is 11.3. The van der Waals surface area contributed by atoms with Crippen LogP contribution in [0.1, 0.15) is 10.4 Å². The number of hydrogen-bond acceptors (Lipinski definition) is 4. The van der Waals surface area contributed by atoms with E-state index in [0.717, 1.165) is 0 Å². The van der Waals surface area contributed by atoms with E-state index < -0.39 is 11.9 Å². The first-order valence-corrected chi connectivity index (χ1v) is 6.11. The third-order valence-electron chi connectivity index (χ3n) is 2.57. The monoisotopic (exact) mass is 286 g/mol. The number of nitrogens with one attached hydrogen (secondary N) is 3. The van der Waals surface area contributed by atoms with Gasteiger partial charge in [0.15, 0.2) is 0 Å². The lowest BCUT2D eigenvalue weighted by molar-refractivity contribution is 0.0937. The van der Waals surface area contributed by atoms with E-state index in [1.165, 1.54) is 13.3 Å². The molecule has 3 N–H and O–H groups in total. The first-order chi connectivity index (χ1) is 10.2. The SMILES string of the molecule is COc1ccccc1NC(=O)NNC(=O)c1cccnc1. The highest BCUT2D eigenvalue weighted by Crippen LogP contribution is 2.22. The molecule has 21 heavy (non-hydrogen) atoms. The van der Waals surface area contributed by atoms with Crippen molar-refractivity contribution in [3.05, 3.63) is 54.4 Å². The number of amides is 3. The molecule has 0 fully saturated rings. The first-order valence-electron chi connectivity index (χ1n) is 6.11. The van der Waals surface area contributed by atoms with E-state index in [1.807, 2.05) is 0 Å². The highest BCUT2D eigenvalue weighted by molar-refractivity contribution is 5.97. The fraction of sp³-hybridized carbons (Fsp3) is 0.0714. The predicted octanol–water partition coefficient (Wildman–Crippen LogP) is 1.56. The van der Waals surface area contributed by atoms with Crippen LogP contribution in [-0.2, 0) is 0 Å². The molecule has 0 unspecified atom stereocenters. The Hall–Kier alpha value is -3.09. The molecule has 0 aliphatic rings. The Kier molecular flexibility index (Phi) is 4.70. The van der Waals surface area contributed by atoms with Crippen LogP contribution in [0.15, 0.2) is 48.8 Å². The van der Waals surface area contributed by atoms with Crippen LogP contribution in [0.25, 0.3) is 0 Å². The lowest BCUT2D eigenvalue weighted by Gasteiger charge is -2.11. The van der Waals surface area contributed by atoms with E-state index in [4.69, 9.17) is 4.74 Å². The van der Waals surface area contributed by atoms with Gasteiger partial charge >= 0.3 is 6.03 Å². The molecule has 108 valence electrons. The van der Waals surface area contributed by atoms with Gasteiger partial charge in [-0.2, -0.15) is 0 Å². The van der Waals surface area contributed by atoms with Crippen molar-refractivity contribution >= 4 is 17.6 Å². The maximum Gasteiger partial charge on any atom is 0.338 e. The molecule has 0 aliphatic carbocycles. The lowest BCUT2D eigenvalue weighted by Crippen LogP contribution is -2.43. The molecule has 1 aromatic carbocycles. The van der Waals surface area contributed by atoms with Crippen LogP contribution in [0.3, 0.4) is 0 Å². The zero-order valence-electron chi connectivity index (χ0n) is 11.3. The van der Waals surface area contributed by atoms with Crippen molar-refractivity contribution in [2.24, 2.45) is 0 Å². The number of nitrogens with zero attached hydrogens (tertiary/aromatic N) is 1. The van der Waals surface area contributed by atoms with Crippen LogP contribution in [0, 0.1) is 0 Å². The summed E-state index contributed by atoms with van der Waals surface area (Å²) in [5.74, 6) is 0.0597. The van der Waals surface area contributed by atoms with Crippen LogP contribution in [0.2, 0.25) is 0 Å². The number of carbonyl (C=O) groups is 2. The lowest BCUT2D eigenvalue weighted by atomic mass is 10.3. The number of methoxy groups -OCH3 is 1. The molecule has 1 aromatic heterocycles. The number of rotatable bonds is 3. The van der Waals surface area contributed by atoms with E-state index in [1.54, 1.807) is 42.6 Å². The van der Waals surface area contributed by atoms with Crippen LogP contribution in [0.5, 0.6) is 5.75 Å². The summed E-state index contributed by atoms with van der Waals surface area (Å²) < 4.78 is 5.10. The summed E-state index contributed by atoms with van der Waals surface area (Å²) in [4.78, 5) is 27.2. The minimum atomic E-state index is -0.586. The molecule has 3 amide bonds. The number of para-hydroxylation sites is 2. The Labute approximate surface area is 121 Å². The first kappa shape index (κ1) is 14.3. The fourth-order valence-corrected chi connectivity index (χ4v) is 1.58. The smallest absolute Gasteiger partial charge is 0.338 e. The molecule has 0 bridgehead atoms. The third-order valence-corrected chi connectivity index (χ3v) is 2.57. The molecule has 7 nitrogen and oxygen atoms in total. The number of pyridine rings is 1. The number of hydrogen-bond donors (Lipinski definition) is 3. The van der Waals surface area contributed by atoms with Crippen molar-refractivity contribution in [1.29, 1.82) is 0 Å². The summed E-state index contributed by atoms with van der Waals surface area (Å²) >= 11 is 0. The van der Waals surface area contributed by atoms with Gasteiger partial charge in [-0.15, -0.1) is 0 Å². The standard InChI is InChI=1S/C14H14N4O3/c1-21-12-7-3-2-6-11(12)16-14(20)18-17-13(19)10-5-4-8-15-9-10/h2-9H,1H3,(H,17,19)(H2,16,18,20). The van der Waals surface area contributed by atoms with Crippen LogP contribution in [-0.4, -0.2) is 24.0 Å². The van der Waals surface area contributed by atoms with Gasteiger partial charge in [0.25, 0.3) is 5.91 Å². The summed E-state index contributed by atoms with van der Waals surface area (Å²) in [5.41, 5.74) is 5.36. The Morgan fingerprint density at radius 3 is 2.62 bits per heavy atom. The number of urea groups is 1. The summed E-state index contributed by atoms with van der Waals surface area (Å²) in [6.07, 6.45) is 2.95. The van der Waals surface area contributed by atoms with E-state index >= 15 is 0 Å². The van der Waals surface area contributed by atoms with Crippen LogP contribution in [0.4, 0.5) is 10.5 Å². The van der Waals surface area contributed by atoms with Crippen LogP contribution < -0.4 is 20.9 Å². The molecule has 2 rings (SSSR count). The molecule has 0 aliphatic heterocycles. The molecular weight excluding hydrogens is 272 g/mol. The highest BCUT2D eigenvalue weighted by atomic mass is 16.5. The molecule has 0 radical (unpaired) electrons. The summed E-state index contributed by atoms with van der Waals surface area (Å²) in [5, 5.41) is 2.56. The normalized spacial score (nSPS) is 9.57. The molecule has 0 spiro atoms. The molecule has 2 aromatic rings. The van der Waals surface area contributed by atoms with Gasteiger partial charge in [0, 0.05) is 12.4 Å². The molecular formula is C14H14N4O3. The number of benzene rings is 1. The van der Waals surface area contributed by atoms with Crippen molar-refractivity contribution in [2.75, 3.05) is 12.4 Å². The van der Waals surface area contributed by atoms with Crippen molar-refractivity contribution < 1.29 is 14.3 Å². The average Bonchev–Trinajstić information content (AvgIpc) is 2.54. The Balaban J connectivity index is 1.89. The molecule has 0 saturated carbocycles. The zero-order chi connectivity index (χ0) is 15.1. The quantitative estimate of drug-likeness (QED) is 0.746. The molecule has 1 heterocycles. The number of carbonyl (C=O) groups excluding carboxylic acids is 2. The van der Waals surface area contributed by atoms with E-state index in [9.17, 15) is 9.59 Å². The maximum absolute atomic E-state index is 11.7. The van der Waals surface area contributed by atoms with Crippen molar-refractivity contribution in [3.8, 4) is 5.75 Å². The summed E-state index contributed by atoms with van der Waals surface area (Å²) in [6, 6.07) is 9.56. The number of anilines is 1. The van der Waals surface area contributed by atoms with E-state index in [0.29, 0.717) is 17.0 Å². The van der Waals surface area contributed by atoms with E-state index in [2.05, 4.69) is 21.2 Å². The fourth-order valence-electron chi connectivity index (χ4n) is 1.58. The topological polar surface area (TPSA) is 92.4 Å². The van der Waals surface area contributed by atoms with Gasteiger partial charge in [0.05, 0.1) is 18.4 Å². The Bertz CT molecular complexity index is 631. The maximum atomic E-state index is 11.7. The average molecular weight is 286 g/mol. The number of aromatic nitrogens is 1. The second-order valence-corrected chi connectivity index (χ2v) is 3.98. The van der Waals surface area contributed by atoms with Gasteiger partial charge < -0.3 is 10.1 Å². The second-order valence-electron chi connectivity index (χ2n) is 3.98. The molecule has 7 heteroatoms. The van der Waals surface area contributed by atoms with Gasteiger partial charge in [0.2, 0.25) is 0 Å². The largest absolute Gasteiger partial charge is 0.495 e. The van der Waals surface area contributed by atoms with Gasteiger partial charge in [0.1, 0.15) is 5.75 Å². The van der Waals surface area contributed by atoms with E-state index in [-0.39, 0.29) is 0 Å². The van der Waals surface area contributed by atoms with Gasteiger partial charge in [-0.25, -0.2) is 10.2 Å². The minimum absolute atomic E-state index is 0.343. The predicted molar refractivity (Wildman–Crippen MR) is 76.9 cm³/mol. The van der Waals surface area contributed by atoms with Crippen molar-refractivity contribution in [2.45, 2.75) is 0 Å². The van der Waals surface area contributed by atoms with Crippen molar-refractivity contribution in [3.63, 3.8) is 0 Å². The van der Waals surface area contributed by atoms with Gasteiger partial charge in [-0.3, -0.25) is 15.2 Å². The van der Waals surface area contributed by atoms with Crippen molar-refractivity contribution in [1.82, 2.24) is 15.8 Å². The number of ether oxygens (including phenoxy) is 1. The minimum Gasteiger partial charge on any atom is -0.495 e. The van der Waals surface area contributed by atoms with Crippen LogP contribution >= 0.6 is 0 Å². The summed E-state index contributed by atoms with van der Waals surface area (Å²) in [7, 11) is 1.50. The third kappa shape index (κ3) is 3.93. The molecule has 0 atom stereocenters. The van der Waals surface area contributed by atoms with Gasteiger partial charge in [-0.1, -0.05) is 12.1 Å². The summed E-state index contributed by atoms with van der Waals surface area (Å²) in [6.45, 7) is 0.